The van der Waals surface area contributed by atoms with E-state index < -0.39 is 0 Å². The van der Waals surface area contributed by atoms with E-state index in [-0.39, 0.29) is 0 Å². The van der Waals surface area contributed by atoms with Gasteiger partial charge in [-0.3, -0.25) is 4.98 Å². The Labute approximate surface area is 103 Å². The molecule has 5 heteroatoms. The van der Waals surface area contributed by atoms with Gasteiger partial charge in [-0.2, -0.15) is 0 Å². The first-order valence-electron chi connectivity index (χ1n) is 6.28. The van der Waals surface area contributed by atoms with Crippen LogP contribution in [0.25, 0.3) is 0 Å². The van der Waals surface area contributed by atoms with Crippen molar-refractivity contribution in [2.75, 3.05) is 16.9 Å². The Hall–Kier alpha value is -1.36. The summed E-state index contributed by atoms with van der Waals surface area (Å²) in [6.45, 7) is 7.59. The smallest absolute Gasteiger partial charge is 0.160 e. The minimum atomic E-state index is 0.462. The van der Waals surface area contributed by atoms with Gasteiger partial charge in [0.15, 0.2) is 5.82 Å². The Balaban J connectivity index is 2.86. The van der Waals surface area contributed by atoms with Crippen molar-refractivity contribution in [3.8, 4) is 0 Å². The number of hydrogen-bond acceptors (Lipinski definition) is 5. The molecule has 0 aliphatic rings. The molecular formula is C12H23N5. The van der Waals surface area contributed by atoms with E-state index in [4.69, 9.17) is 5.84 Å². The second-order valence-electron chi connectivity index (χ2n) is 4.21. The summed E-state index contributed by atoms with van der Waals surface area (Å²) in [4.78, 5) is 10.9. The minimum absolute atomic E-state index is 0.462. The van der Waals surface area contributed by atoms with Crippen LogP contribution in [0.3, 0.4) is 0 Å². The molecule has 1 aromatic rings. The predicted octanol–water partition coefficient (Wildman–Crippen LogP) is 2.17. The van der Waals surface area contributed by atoms with Crippen molar-refractivity contribution >= 4 is 11.6 Å². The van der Waals surface area contributed by atoms with Gasteiger partial charge in [-0.1, -0.05) is 20.3 Å². The van der Waals surface area contributed by atoms with E-state index >= 15 is 0 Å². The van der Waals surface area contributed by atoms with Crippen LogP contribution in [-0.2, 0) is 0 Å². The second kappa shape index (κ2) is 7.06. The van der Waals surface area contributed by atoms with Gasteiger partial charge >= 0.3 is 0 Å². The molecule has 0 aliphatic heterocycles. The van der Waals surface area contributed by atoms with Crippen molar-refractivity contribution in [3.63, 3.8) is 0 Å². The highest BCUT2D eigenvalue weighted by atomic mass is 15.3. The number of nitrogens with two attached hydrogens (primary N) is 1. The topological polar surface area (TPSA) is 67.1 Å². The van der Waals surface area contributed by atoms with Gasteiger partial charge in [0.05, 0.1) is 12.4 Å². The Kier molecular flexibility index (Phi) is 5.69. The van der Waals surface area contributed by atoms with Crippen LogP contribution in [-0.4, -0.2) is 22.6 Å². The van der Waals surface area contributed by atoms with Crippen LogP contribution < -0.4 is 16.2 Å². The Morgan fingerprint density at radius 2 is 2.18 bits per heavy atom. The predicted molar refractivity (Wildman–Crippen MR) is 71.8 cm³/mol. The number of hydrogen-bond donors (Lipinski definition) is 2. The fourth-order valence-corrected chi connectivity index (χ4v) is 1.67. The van der Waals surface area contributed by atoms with Crippen LogP contribution in [0.5, 0.6) is 0 Å². The van der Waals surface area contributed by atoms with Gasteiger partial charge in [0, 0.05) is 12.6 Å². The van der Waals surface area contributed by atoms with E-state index in [1.165, 1.54) is 6.42 Å². The summed E-state index contributed by atoms with van der Waals surface area (Å²) in [7, 11) is 0. The quantitative estimate of drug-likeness (QED) is 0.562. The van der Waals surface area contributed by atoms with E-state index in [0.29, 0.717) is 11.9 Å². The molecule has 1 unspecified atom stereocenters. The summed E-state index contributed by atoms with van der Waals surface area (Å²) in [5.41, 5.74) is 2.53. The van der Waals surface area contributed by atoms with E-state index in [0.717, 1.165) is 25.2 Å². The highest BCUT2D eigenvalue weighted by Crippen LogP contribution is 2.17. The zero-order valence-electron chi connectivity index (χ0n) is 11.0. The molecule has 5 nitrogen and oxygen atoms in total. The first-order chi connectivity index (χ1) is 8.22. The molecule has 0 radical (unpaired) electrons. The van der Waals surface area contributed by atoms with Crippen LogP contribution in [0.1, 0.15) is 40.0 Å². The van der Waals surface area contributed by atoms with E-state index in [9.17, 15) is 0 Å². The molecule has 17 heavy (non-hydrogen) atoms. The minimum Gasteiger partial charge on any atom is -0.353 e. The van der Waals surface area contributed by atoms with Crippen LogP contribution in [0.4, 0.5) is 11.6 Å². The van der Waals surface area contributed by atoms with Gasteiger partial charge < -0.3 is 10.3 Å². The van der Waals surface area contributed by atoms with Crippen LogP contribution in [0.15, 0.2) is 12.4 Å². The first kappa shape index (κ1) is 13.7. The molecule has 1 rings (SSSR count). The van der Waals surface area contributed by atoms with Gasteiger partial charge in [0.25, 0.3) is 0 Å². The molecule has 0 fully saturated rings. The molecule has 0 spiro atoms. The van der Waals surface area contributed by atoms with Gasteiger partial charge in [0.1, 0.15) is 5.82 Å². The third-order valence-corrected chi connectivity index (χ3v) is 2.94. The van der Waals surface area contributed by atoms with Crippen molar-refractivity contribution in [1.82, 2.24) is 9.97 Å². The summed E-state index contributed by atoms with van der Waals surface area (Å²) in [6, 6.07) is 0.462. The average molecular weight is 237 g/mol. The highest BCUT2D eigenvalue weighted by Gasteiger charge is 2.14. The fourth-order valence-electron chi connectivity index (χ4n) is 1.67. The third-order valence-electron chi connectivity index (χ3n) is 2.94. The van der Waals surface area contributed by atoms with Crippen molar-refractivity contribution in [2.45, 2.75) is 46.1 Å². The maximum absolute atomic E-state index is 5.36. The van der Waals surface area contributed by atoms with E-state index in [1.54, 1.807) is 12.4 Å². The highest BCUT2D eigenvalue weighted by molar-refractivity contribution is 5.43. The summed E-state index contributed by atoms with van der Waals surface area (Å²) >= 11 is 0. The zero-order chi connectivity index (χ0) is 12.7. The maximum atomic E-state index is 5.36. The molecular weight excluding hydrogens is 214 g/mol. The van der Waals surface area contributed by atoms with Gasteiger partial charge in [0.2, 0.25) is 0 Å². The zero-order valence-corrected chi connectivity index (χ0v) is 11.0. The molecule has 1 aromatic heterocycles. The Morgan fingerprint density at radius 3 is 2.76 bits per heavy atom. The van der Waals surface area contributed by atoms with Crippen LogP contribution >= 0.6 is 0 Å². The normalized spacial score (nSPS) is 12.2. The van der Waals surface area contributed by atoms with E-state index in [2.05, 4.69) is 41.1 Å². The SMILES string of the molecule is CCCCN(c1cncc(NN)n1)C(C)CC. The van der Waals surface area contributed by atoms with Crippen LogP contribution in [0, 0.1) is 0 Å². The Bertz CT molecular complexity index is 328. The lowest BCUT2D eigenvalue weighted by molar-refractivity contribution is 0.589. The molecule has 3 N–H and O–H groups in total. The standard InChI is InChI=1S/C12H23N5/c1-4-6-7-17(10(3)5-2)12-9-14-8-11(15-12)16-13/h8-10H,4-7,13H2,1-3H3,(H,15,16). The number of hydrazine groups is 1. The summed E-state index contributed by atoms with van der Waals surface area (Å²) in [6.07, 6.45) is 6.84. The van der Waals surface area contributed by atoms with Gasteiger partial charge in [-0.15, -0.1) is 0 Å². The number of nitrogens with zero attached hydrogens (tertiary/aromatic N) is 3. The monoisotopic (exact) mass is 237 g/mol. The number of rotatable bonds is 7. The van der Waals surface area contributed by atoms with E-state index in [1.807, 2.05) is 0 Å². The average Bonchev–Trinajstić information content (AvgIpc) is 2.39. The fraction of sp³-hybridized carbons (Fsp3) is 0.667. The number of aromatic nitrogens is 2. The molecule has 0 bridgehead atoms. The lowest BCUT2D eigenvalue weighted by atomic mass is 10.2. The molecule has 0 saturated heterocycles. The third kappa shape index (κ3) is 3.85. The van der Waals surface area contributed by atoms with Crippen LogP contribution in [0.2, 0.25) is 0 Å². The summed E-state index contributed by atoms with van der Waals surface area (Å²) in [5.74, 6) is 6.85. The Morgan fingerprint density at radius 1 is 1.41 bits per heavy atom. The number of nitrogens with one attached hydrogen (secondary N) is 1. The lowest BCUT2D eigenvalue weighted by Crippen LogP contribution is -2.34. The summed E-state index contributed by atoms with van der Waals surface area (Å²) in [5, 5.41) is 0. The molecule has 1 heterocycles. The molecule has 0 saturated carbocycles. The summed E-state index contributed by atoms with van der Waals surface area (Å²) < 4.78 is 0. The van der Waals surface area contributed by atoms with Crippen molar-refractivity contribution in [3.05, 3.63) is 12.4 Å². The first-order valence-corrected chi connectivity index (χ1v) is 6.28. The molecule has 0 aliphatic carbocycles. The number of anilines is 2. The lowest BCUT2D eigenvalue weighted by Gasteiger charge is -2.29. The molecule has 0 aromatic carbocycles. The van der Waals surface area contributed by atoms with Crippen molar-refractivity contribution < 1.29 is 0 Å². The second-order valence-corrected chi connectivity index (χ2v) is 4.21. The maximum Gasteiger partial charge on any atom is 0.160 e. The van der Waals surface area contributed by atoms with Crippen molar-refractivity contribution in [1.29, 1.82) is 0 Å². The molecule has 96 valence electrons. The van der Waals surface area contributed by atoms with Gasteiger partial charge in [-0.25, -0.2) is 10.8 Å². The van der Waals surface area contributed by atoms with Gasteiger partial charge in [-0.05, 0) is 19.8 Å². The molecule has 1 atom stereocenters. The largest absolute Gasteiger partial charge is 0.353 e. The number of unbranched alkanes of at least 4 members (excludes halogenated alkanes) is 1. The molecule has 0 amide bonds. The number of nitrogen functional groups attached to an aromatic ring is 1. The van der Waals surface area contributed by atoms with Crippen molar-refractivity contribution in [2.24, 2.45) is 5.84 Å².